The summed E-state index contributed by atoms with van der Waals surface area (Å²) in [6.07, 6.45) is 1.33. The van der Waals surface area contributed by atoms with Crippen LogP contribution in [0.4, 0.5) is 4.79 Å². The van der Waals surface area contributed by atoms with Crippen LogP contribution >= 0.6 is 0 Å². The summed E-state index contributed by atoms with van der Waals surface area (Å²) in [6.45, 7) is 8.45. The Hall–Kier alpha value is -3.09. The van der Waals surface area contributed by atoms with E-state index in [0.29, 0.717) is 30.9 Å². The summed E-state index contributed by atoms with van der Waals surface area (Å²) in [4.78, 5) is 23.8. The number of aryl methyl sites for hydroxylation is 1. The molecule has 1 heterocycles. The zero-order chi connectivity index (χ0) is 20.5. The lowest BCUT2D eigenvalue weighted by molar-refractivity contribution is 0.0919. The summed E-state index contributed by atoms with van der Waals surface area (Å²) in [7, 11) is 0. The number of benzene rings is 1. The number of hydrogen-bond acceptors (Lipinski definition) is 4. The third-order valence-corrected chi connectivity index (χ3v) is 4.87. The van der Waals surface area contributed by atoms with Gasteiger partial charge in [0.25, 0.3) is 5.91 Å². The van der Waals surface area contributed by atoms with E-state index in [9.17, 15) is 9.59 Å². The maximum absolute atomic E-state index is 12.7. The lowest BCUT2D eigenvalue weighted by atomic mass is 9.75. The molecule has 0 aliphatic heterocycles. The van der Waals surface area contributed by atoms with Crippen LogP contribution in [0, 0.1) is 19.3 Å². The lowest BCUT2D eigenvalue weighted by Gasteiger charge is -2.29. The molecule has 0 bridgehead atoms. The van der Waals surface area contributed by atoms with Crippen LogP contribution in [0.1, 0.15) is 58.8 Å². The average Bonchev–Trinajstić information content (AvgIpc) is 2.94. The Kier molecular flexibility index (Phi) is 5.27. The highest BCUT2D eigenvalue weighted by molar-refractivity contribution is 6.07. The highest BCUT2D eigenvalue weighted by Crippen LogP contribution is 2.38. The third kappa shape index (κ3) is 4.24. The van der Waals surface area contributed by atoms with Gasteiger partial charge in [0.2, 0.25) is 0 Å². The van der Waals surface area contributed by atoms with Crippen molar-refractivity contribution in [1.82, 2.24) is 10.7 Å². The van der Waals surface area contributed by atoms with Crippen LogP contribution in [0.2, 0.25) is 0 Å². The Labute approximate surface area is 164 Å². The first-order chi connectivity index (χ1) is 13.2. The molecule has 3 amide bonds. The third-order valence-electron chi connectivity index (χ3n) is 4.87. The fourth-order valence-electron chi connectivity index (χ4n) is 3.52. The SMILES string of the molecule is Cc1ccc(CNC(=O)c2oc3c(c2C)/C(=N\NC(N)=O)CC(C)(C)C3)cc1. The average molecular weight is 382 g/mol. The van der Waals surface area contributed by atoms with E-state index in [1.54, 1.807) is 0 Å². The standard InChI is InChI=1S/C21H26N4O3/c1-12-5-7-14(8-6-12)11-23-19(26)18-13(2)17-15(24-25-20(22)27)9-21(3,4)10-16(17)28-18/h5-8H,9-11H2,1-4H3,(H,23,26)(H3,22,25,27)/b24-15-. The van der Waals surface area contributed by atoms with E-state index in [2.05, 4.69) is 29.7 Å². The van der Waals surface area contributed by atoms with Crippen LogP contribution in [-0.2, 0) is 13.0 Å². The molecule has 28 heavy (non-hydrogen) atoms. The molecule has 0 spiro atoms. The number of hydrogen-bond donors (Lipinski definition) is 3. The first-order valence-electron chi connectivity index (χ1n) is 9.25. The minimum Gasteiger partial charge on any atom is -0.455 e. The van der Waals surface area contributed by atoms with Gasteiger partial charge in [0.1, 0.15) is 5.76 Å². The van der Waals surface area contributed by atoms with Crippen molar-refractivity contribution < 1.29 is 14.0 Å². The van der Waals surface area contributed by atoms with Crippen molar-refractivity contribution >= 4 is 17.6 Å². The van der Waals surface area contributed by atoms with Crippen molar-refractivity contribution in [3.05, 3.63) is 58.0 Å². The van der Waals surface area contributed by atoms with Gasteiger partial charge in [-0.05, 0) is 31.2 Å². The lowest BCUT2D eigenvalue weighted by Crippen LogP contribution is -2.31. The number of nitrogens with one attached hydrogen (secondary N) is 2. The predicted molar refractivity (Wildman–Crippen MR) is 107 cm³/mol. The summed E-state index contributed by atoms with van der Waals surface area (Å²) in [6, 6.07) is 7.26. The van der Waals surface area contributed by atoms with Gasteiger partial charge in [-0.3, -0.25) is 4.79 Å². The molecule has 1 aliphatic carbocycles. The second-order valence-electron chi connectivity index (χ2n) is 8.07. The molecule has 1 aliphatic rings. The van der Waals surface area contributed by atoms with Crippen molar-refractivity contribution in [3.63, 3.8) is 0 Å². The Morgan fingerprint density at radius 2 is 1.86 bits per heavy atom. The van der Waals surface area contributed by atoms with Crippen LogP contribution in [0.25, 0.3) is 0 Å². The van der Waals surface area contributed by atoms with E-state index in [1.165, 1.54) is 5.56 Å². The van der Waals surface area contributed by atoms with Crippen molar-refractivity contribution in [1.29, 1.82) is 0 Å². The minimum atomic E-state index is -0.727. The predicted octanol–water partition coefficient (Wildman–Crippen LogP) is 3.17. The van der Waals surface area contributed by atoms with Gasteiger partial charge in [0.15, 0.2) is 5.76 Å². The number of nitrogens with zero attached hydrogens (tertiary/aromatic N) is 1. The Balaban J connectivity index is 1.85. The number of furan rings is 1. The van der Waals surface area contributed by atoms with E-state index < -0.39 is 6.03 Å². The van der Waals surface area contributed by atoms with Crippen molar-refractivity contribution in [3.8, 4) is 0 Å². The van der Waals surface area contributed by atoms with Crippen molar-refractivity contribution in [2.45, 2.75) is 47.1 Å². The molecular weight excluding hydrogens is 356 g/mol. The molecule has 1 aromatic heterocycles. The Morgan fingerprint density at radius 3 is 2.50 bits per heavy atom. The first-order valence-corrected chi connectivity index (χ1v) is 9.25. The number of urea groups is 1. The Bertz CT molecular complexity index is 939. The summed E-state index contributed by atoms with van der Waals surface area (Å²) >= 11 is 0. The fraction of sp³-hybridized carbons (Fsp3) is 0.381. The van der Waals surface area contributed by atoms with Crippen LogP contribution < -0.4 is 16.5 Å². The van der Waals surface area contributed by atoms with Crippen LogP contribution in [0.15, 0.2) is 33.8 Å². The fourth-order valence-corrected chi connectivity index (χ4v) is 3.52. The topological polar surface area (TPSA) is 110 Å². The van der Waals surface area contributed by atoms with Crippen LogP contribution in [-0.4, -0.2) is 17.6 Å². The number of carbonyl (C=O) groups excluding carboxylic acids is 2. The number of amides is 3. The second kappa shape index (κ2) is 7.50. The summed E-state index contributed by atoms with van der Waals surface area (Å²) in [5.41, 5.74) is 11.7. The molecular formula is C21H26N4O3. The molecule has 0 fully saturated rings. The number of fused-ring (bicyclic) bond motifs is 1. The minimum absolute atomic E-state index is 0.106. The smallest absolute Gasteiger partial charge is 0.332 e. The molecule has 0 atom stereocenters. The molecule has 3 rings (SSSR count). The highest BCUT2D eigenvalue weighted by atomic mass is 16.4. The first kappa shape index (κ1) is 19.7. The maximum atomic E-state index is 12.7. The van der Waals surface area contributed by atoms with E-state index in [0.717, 1.165) is 16.7 Å². The van der Waals surface area contributed by atoms with Gasteiger partial charge in [0, 0.05) is 24.1 Å². The van der Waals surface area contributed by atoms with Gasteiger partial charge < -0.3 is 15.5 Å². The van der Waals surface area contributed by atoms with Crippen LogP contribution in [0.5, 0.6) is 0 Å². The largest absolute Gasteiger partial charge is 0.455 e. The number of hydrazone groups is 1. The summed E-state index contributed by atoms with van der Waals surface area (Å²) < 4.78 is 5.94. The second-order valence-corrected chi connectivity index (χ2v) is 8.07. The zero-order valence-electron chi connectivity index (χ0n) is 16.7. The molecule has 7 heteroatoms. The number of carbonyl (C=O) groups is 2. The molecule has 0 unspecified atom stereocenters. The molecule has 148 valence electrons. The van der Waals surface area contributed by atoms with Crippen LogP contribution in [0.3, 0.4) is 0 Å². The zero-order valence-corrected chi connectivity index (χ0v) is 16.7. The molecule has 4 N–H and O–H groups in total. The van der Waals surface area contributed by atoms with Crippen molar-refractivity contribution in [2.75, 3.05) is 0 Å². The van der Waals surface area contributed by atoms with Gasteiger partial charge in [-0.2, -0.15) is 5.10 Å². The Morgan fingerprint density at radius 1 is 1.18 bits per heavy atom. The van der Waals surface area contributed by atoms with Gasteiger partial charge in [0.05, 0.1) is 5.71 Å². The van der Waals surface area contributed by atoms with Gasteiger partial charge >= 0.3 is 6.03 Å². The van der Waals surface area contributed by atoms with Gasteiger partial charge in [-0.1, -0.05) is 43.7 Å². The summed E-state index contributed by atoms with van der Waals surface area (Å²) in [5.74, 6) is 0.716. The molecule has 7 nitrogen and oxygen atoms in total. The molecule has 0 saturated heterocycles. The van der Waals surface area contributed by atoms with E-state index in [-0.39, 0.29) is 17.1 Å². The van der Waals surface area contributed by atoms with E-state index in [1.807, 2.05) is 38.1 Å². The molecule has 2 aromatic rings. The van der Waals surface area contributed by atoms with Gasteiger partial charge in [-0.15, -0.1) is 0 Å². The van der Waals surface area contributed by atoms with E-state index in [4.69, 9.17) is 10.2 Å². The quantitative estimate of drug-likeness (QED) is 0.706. The van der Waals surface area contributed by atoms with E-state index >= 15 is 0 Å². The monoisotopic (exact) mass is 382 g/mol. The molecule has 0 saturated carbocycles. The number of rotatable bonds is 4. The maximum Gasteiger partial charge on any atom is 0.332 e. The number of primary amides is 1. The highest BCUT2D eigenvalue weighted by Gasteiger charge is 2.36. The van der Waals surface area contributed by atoms with Gasteiger partial charge in [-0.25, -0.2) is 10.2 Å². The molecule has 0 radical (unpaired) electrons. The summed E-state index contributed by atoms with van der Waals surface area (Å²) in [5, 5.41) is 7.06. The number of nitrogens with two attached hydrogens (primary N) is 1. The van der Waals surface area contributed by atoms with Crippen molar-refractivity contribution in [2.24, 2.45) is 16.3 Å². The molecule has 1 aromatic carbocycles. The normalized spacial score (nSPS) is 16.5.